The third-order valence-corrected chi connectivity index (χ3v) is 2.54. The first-order chi connectivity index (χ1) is 7.66. The molecule has 0 radical (unpaired) electrons. The highest BCUT2D eigenvalue weighted by Gasteiger charge is 2.09. The maximum atomic E-state index is 10.8. The van der Waals surface area contributed by atoms with Gasteiger partial charge in [0, 0.05) is 0 Å². The van der Waals surface area contributed by atoms with Crippen LogP contribution in [0.5, 0.6) is 0 Å². The van der Waals surface area contributed by atoms with Gasteiger partial charge in [-0.1, -0.05) is 35.9 Å². The molecule has 16 heavy (non-hydrogen) atoms. The van der Waals surface area contributed by atoms with E-state index in [4.69, 9.17) is 16.7 Å². The summed E-state index contributed by atoms with van der Waals surface area (Å²) in [5.74, 6) is -1.00. The Hall–Kier alpha value is -1.32. The zero-order valence-electron chi connectivity index (χ0n) is 9.03. The van der Waals surface area contributed by atoms with E-state index in [1.165, 1.54) is 6.07 Å². The van der Waals surface area contributed by atoms with Crippen LogP contribution in [-0.2, 0) is 0 Å². The van der Waals surface area contributed by atoms with Crippen LogP contribution >= 0.6 is 11.6 Å². The number of hydrogen-bond donors (Lipinski definition) is 2. The SMILES string of the molecule is CNCCC=Cc1cccc(C(=O)O)c1Cl. The molecule has 2 N–H and O–H groups in total. The summed E-state index contributed by atoms with van der Waals surface area (Å²) in [6.45, 7) is 0.882. The molecule has 0 aliphatic rings. The summed E-state index contributed by atoms with van der Waals surface area (Å²) in [5.41, 5.74) is 0.870. The minimum absolute atomic E-state index is 0.137. The Labute approximate surface area is 99.7 Å². The van der Waals surface area contributed by atoms with E-state index in [0.29, 0.717) is 0 Å². The van der Waals surface area contributed by atoms with Crippen molar-refractivity contribution >= 4 is 23.6 Å². The van der Waals surface area contributed by atoms with Crippen molar-refractivity contribution in [1.29, 1.82) is 0 Å². The third kappa shape index (κ3) is 3.36. The monoisotopic (exact) mass is 239 g/mol. The average Bonchev–Trinajstić information content (AvgIpc) is 2.26. The Kier molecular flexibility index (Phi) is 5.02. The lowest BCUT2D eigenvalue weighted by atomic mass is 10.1. The van der Waals surface area contributed by atoms with Gasteiger partial charge in [-0.05, 0) is 31.6 Å². The zero-order valence-corrected chi connectivity index (χ0v) is 9.79. The molecule has 0 heterocycles. The molecule has 4 heteroatoms. The molecule has 0 spiro atoms. The van der Waals surface area contributed by atoms with Crippen LogP contribution in [0.25, 0.3) is 6.08 Å². The summed E-state index contributed by atoms with van der Waals surface area (Å²) < 4.78 is 0. The second-order valence-corrected chi connectivity index (χ2v) is 3.69. The van der Waals surface area contributed by atoms with E-state index in [9.17, 15) is 4.79 Å². The molecular weight excluding hydrogens is 226 g/mol. The fourth-order valence-corrected chi connectivity index (χ4v) is 1.55. The Morgan fingerprint density at radius 3 is 2.94 bits per heavy atom. The van der Waals surface area contributed by atoms with Gasteiger partial charge in [-0.3, -0.25) is 0 Å². The van der Waals surface area contributed by atoms with E-state index in [0.717, 1.165) is 18.5 Å². The molecule has 1 aromatic carbocycles. The summed E-state index contributed by atoms with van der Waals surface area (Å²) >= 11 is 5.97. The summed E-state index contributed by atoms with van der Waals surface area (Å²) in [7, 11) is 1.88. The van der Waals surface area contributed by atoms with Crippen LogP contribution in [0.4, 0.5) is 0 Å². The minimum atomic E-state index is -1.00. The van der Waals surface area contributed by atoms with E-state index in [2.05, 4.69) is 5.32 Å². The Balaban J connectivity index is 2.85. The van der Waals surface area contributed by atoms with Gasteiger partial charge in [0.25, 0.3) is 0 Å². The van der Waals surface area contributed by atoms with Crippen LogP contribution in [0.3, 0.4) is 0 Å². The number of aromatic carboxylic acids is 1. The highest BCUT2D eigenvalue weighted by atomic mass is 35.5. The highest BCUT2D eigenvalue weighted by Crippen LogP contribution is 2.22. The van der Waals surface area contributed by atoms with Gasteiger partial charge in [0.05, 0.1) is 10.6 Å². The van der Waals surface area contributed by atoms with Crippen LogP contribution in [-0.4, -0.2) is 24.7 Å². The van der Waals surface area contributed by atoms with Crippen LogP contribution in [0, 0.1) is 0 Å². The molecule has 0 atom stereocenters. The number of halogens is 1. The summed E-state index contributed by atoms with van der Waals surface area (Å²) in [4.78, 5) is 10.8. The molecule has 0 fully saturated rings. The van der Waals surface area contributed by atoms with Crippen molar-refractivity contribution in [2.75, 3.05) is 13.6 Å². The molecule has 0 saturated carbocycles. The molecule has 3 nitrogen and oxygen atoms in total. The number of carboxylic acids is 1. The van der Waals surface area contributed by atoms with Gasteiger partial charge in [-0.2, -0.15) is 0 Å². The highest BCUT2D eigenvalue weighted by molar-refractivity contribution is 6.34. The second kappa shape index (κ2) is 6.30. The first-order valence-corrected chi connectivity index (χ1v) is 5.37. The molecule has 0 unspecified atom stereocenters. The number of rotatable bonds is 5. The van der Waals surface area contributed by atoms with Crippen LogP contribution < -0.4 is 5.32 Å². The normalized spacial score (nSPS) is 10.9. The van der Waals surface area contributed by atoms with E-state index >= 15 is 0 Å². The number of carboxylic acid groups (broad SMARTS) is 1. The predicted octanol–water partition coefficient (Wildman–Crippen LogP) is 2.66. The van der Waals surface area contributed by atoms with Gasteiger partial charge in [0.15, 0.2) is 0 Å². The largest absolute Gasteiger partial charge is 0.478 e. The molecule has 0 amide bonds. The van der Waals surface area contributed by atoms with Gasteiger partial charge in [-0.25, -0.2) is 4.79 Å². The fourth-order valence-electron chi connectivity index (χ4n) is 1.28. The fraction of sp³-hybridized carbons (Fsp3) is 0.250. The molecule has 0 saturated heterocycles. The lowest BCUT2D eigenvalue weighted by molar-refractivity contribution is 0.0697. The first-order valence-electron chi connectivity index (χ1n) is 4.99. The summed E-state index contributed by atoms with van der Waals surface area (Å²) in [6.07, 6.45) is 4.68. The Morgan fingerprint density at radius 2 is 2.31 bits per heavy atom. The molecule has 0 aromatic heterocycles. The maximum Gasteiger partial charge on any atom is 0.337 e. The van der Waals surface area contributed by atoms with Crippen molar-refractivity contribution in [3.8, 4) is 0 Å². The van der Waals surface area contributed by atoms with Crippen molar-refractivity contribution in [2.45, 2.75) is 6.42 Å². The van der Waals surface area contributed by atoms with Gasteiger partial charge in [0.1, 0.15) is 0 Å². The van der Waals surface area contributed by atoms with E-state index in [1.54, 1.807) is 12.1 Å². The predicted molar refractivity (Wildman–Crippen MR) is 66.0 cm³/mol. The van der Waals surface area contributed by atoms with Crippen molar-refractivity contribution < 1.29 is 9.90 Å². The smallest absolute Gasteiger partial charge is 0.337 e. The Bertz CT molecular complexity index is 402. The lowest BCUT2D eigenvalue weighted by Gasteiger charge is -2.02. The maximum absolute atomic E-state index is 10.8. The topological polar surface area (TPSA) is 49.3 Å². The van der Waals surface area contributed by atoms with Crippen LogP contribution in [0.2, 0.25) is 5.02 Å². The molecule has 1 aromatic rings. The van der Waals surface area contributed by atoms with Crippen LogP contribution in [0.15, 0.2) is 24.3 Å². The van der Waals surface area contributed by atoms with E-state index < -0.39 is 5.97 Å². The molecular formula is C12H14ClNO2. The zero-order chi connectivity index (χ0) is 12.0. The van der Waals surface area contributed by atoms with Crippen LogP contribution in [0.1, 0.15) is 22.3 Å². The van der Waals surface area contributed by atoms with Crippen molar-refractivity contribution in [1.82, 2.24) is 5.32 Å². The standard InChI is InChI=1S/C12H14ClNO2/c1-14-8-3-2-5-9-6-4-7-10(11(9)13)12(15)16/h2,4-7,14H,3,8H2,1H3,(H,15,16). The first kappa shape index (κ1) is 12.7. The van der Waals surface area contributed by atoms with E-state index in [1.807, 2.05) is 19.2 Å². The van der Waals surface area contributed by atoms with Gasteiger partial charge >= 0.3 is 5.97 Å². The quantitative estimate of drug-likeness (QED) is 0.777. The molecule has 0 bridgehead atoms. The van der Waals surface area contributed by atoms with E-state index in [-0.39, 0.29) is 10.6 Å². The van der Waals surface area contributed by atoms with Gasteiger partial charge in [-0.15, -0.1) is 0 Å². The van der Waals surface area contributed by atoms with Crippen molar-refractivity contribution in [3.63, 3.8) is 0 Å². The average molecular weight is 240 g/mol. The molecule has 1 rings (SSSR count). The summed E-state index contributed by atoms with van der Waals surface area (Å²) in [6, 6.07) is 4.98. The van der Waals surface area contributed by atoms with Crippen molar-refractivity contribution in [2.24, 2.45) is 0 Å². The Morgan fingerprint density at radius 1 is 1.56 bits per heavy atom. The molecule has 0 aliphatic carbocycles. The molecule has 86 valence electrons. The van der Waals surface area contributed by atoms with Gasteiger partial charge in [0.2, 0.25) is 0 Å². The van der Waals surface area contributed by atoms with Gasteiger partial charge < -0.3 is 10.4 Å². The number of benzene rings is 1. The number of carbonyl (C=O) groups is 1. The third-order valence-electron chi connectivity index (χ3n) is 2.12. The number of nitrogens with one attached hydrogen (secondary N) is 1. The summed E-state index contributed by atoms with van der Waals surface area (Å²) in [5, 5.41) is 12.2. The minimum Gasteiger partial charge on any atom is -0.478 e. The lowest BCUT2D eigenvalue weighted by Crippen LogP contribution is -2.05. The number of hydrogen-bond acceptors (Lipinski definition) is 2. The second-order valence-electron chi connectivity index (χ2n) is 3.31. The van der Waals surface area contributed by atoms with Crippen molar-refractivity contribution in [3.05, 3.63) is 40.4 Å². The molecule has 0 aliphatic heterocycles.